The summed E-state index contributed by atoms with van der Waals surface area (Å²) in [5, 5.41) is 3.13. The third-order valence-electron chi connectivity index (χ3n) is 6.68. The maximum absolute atomic E-state index is 11.9. The van der Waals surface area contributed by atoms with Gasteiger partial charge >= 0.3 is 0 Å². The van der Waals surface area contributed by atoms with Crippen molar-refractivity contribution in [3.8, 4) is 0 Å². The van der Waals surface area contributed by atoms with Crippen LogP contribution < -0.4 is 10.2 Å². The second-order valence-corrected chi connectivity index (χ2v) is 9.02. The quantitative estimate of drug-likeness (QED) is 0.857. The molecule has 3 aliphatic heterocycles. The summed E-state index contributed by atoms with van der Waals surface area (Å²) in [4.78, 5) is 19.1. The summed E-state index contributed by atoms with van der Waals surface area (Å²) < 4.78 is 6.50. The highest BCUT2D eigenvalue weighted by Crippen LogP contribution is 2.55. The molecule has 3 fully saturated rings. The summed E-state index contributed by atoms with van der Waals surface area (Å²) in [6.07, 6.45) is 4.53. The zero-order valence-electron chi connectivity index (χ0n) is 16.2. The molecule has 4 heterocycles. The summed E-state index contributed by atoms with van der Waals surface area (Å²) in [5.41, 5.74) is 3.65. The molecule has 1 spiro atoms. The minimum absolute atomic E-state index is 0.0338. The molecule has 26 heavy (non-hydrogen) atoms. The second-order valence-electron chi connectivity index (χ2n) is 8.16. The number of amides is 1. The highest BCUT2D eigenvalue weighted by atomic mass is 32.2. The lowest BCUT2D eigenvalue weighted by Crippen LogP contribution is -2.42. The van der Waals surface area contributed by atoms with Crippen LogP contribution in [0.4, 0.5) is 5.82 Å². The average Bonchev–Trinajstić information content (AvgIpc) is 3.26. The lowest BCUT2D eigenvalue weighted by Gasteiger charge is -2.29. The van der Waals surface area contributed by atoms with E-state index in [2.05, 4.69) is 37.1 Å². The number of rotatable bonds is 5. The topological polar surface area (TPSA) is 54.5 Å². The molecule has 4 rings (SSSR count). The van der Waals surface area contributed by atoms with E-state index in [4.69, 9.17) is 9.72 Å². The highest BCUT2D eigenvalue weighted by Gasteiger charge is 2.63. The van der Waals surface area contributed by atoms with Crippen LogP contribution in [0.3, 0.4) is 0 Å². The van der Waals surface area contributed by atoms with Crippen molar-refractivity contribution >= 4 is 23.5 Å². The van der Waals surface area contributed by atoms with E-state index in [1.807, 2.05) is 6.26 Å². The molecule has 0 unspecified atom stereocenters. The molecule has 0 aliphatic carbocycles. The molecule has 1 N–H and O–H groups in total. The Morgan fingerprint density at radius 3 is 3.00 bits per heavy atom. The number of carbonyl (C=O) groups is 1. The van der Waals surface area contributed by atoms with Crippen LogP contribution in [0.25, 0.3) is 0 Å². The van der Waals surface area contributed by atoms with Gasteiger partial charge in [-0.25, -0.2) is 4.98 Å². The van der Waals surface area contributed by atoms with Gasteiger partial charge < -0.3 is 15.0 Å². The van der Waals surface area contributed by atoms with Crippen molar-refractivity contribution in [2.24, 2.45) is 11.8 Å². The predicted molar refractivity (Wildman–Crippen MR) is 106 cm³/mol. The number of hydrogen-bond acceptors (Lipinski definition) is 5. The minimum atomic E-state index is -0.0338. The van der Waals surface area contributed by atoms with Crippen molar-refractivity contribution in [1.29, 1.82) is 0 Å². The van der Waals surface area contributed by atoms with Gasteiger partial charge in [-0.1, -0.05) is 0 Å². The summed E-state index contributed by atoms with van der Waals surface area (Å²) in [6.45, 7) is 9.04. The first kappa shape index (κ1) is 18.1. The number of aryl methyl sites for hydroxylation is 2. The van der Waals surface area contributed by atoms with Crippen LogP contribution in [0.2, 0.25) is 0 Å². The Morgan fingerprint density at radius 2 is 2.27 bits per heavy atom. The maximum atomic E-state index is 11.9. The highest BCUT2D eigenvalue weighted by molar-refractivity contribution is 7.99. The van der Waals surface area contributed by atoms with Crippen LogP contribution in [0.5, 0.6) is 0 Å². The van der Waals surface area contributed by atoms with Crippen molar-refractivity contribution in [2.45, 2.75) is 45.3 Å². The van der Waals surface area contributed by atoms with Gasteiger partial charge in [-0.3, -0.25) is 4.79 Å². The Hall–Kier alpha value is -1.27. The lowest BCUT2D eigenvalue weighted by molar-refractivity contribution is -0.118. The first-order valence-electron chi connectivity index (χ1n) is 9.57. The Morgan fingerprint density at radius 1 is 1.46 bits per heavy atom. The molecule has 142 valence electrons. The molecule has 2 bridgehead atoms. The van der Waals surface area contributed by atoms with Crippen molar-refractivity contribution in [3.63, 3.8) is 0 Å². The largest absolute Gasteiger partial charge is 0.369 e. The van der Waals surface area contributed by atoms with E-state index in [-0.39, 0.29) is 11.5 Å². The fourth-order valence-corrected chi connectivity index (χ4v) is 5.45. The normalized spacial score (nSPS) is 32.2. The molecule has 1 aromatic rings. The van der Waals surface area contributed by atoms with Crippen LogP contribution in [0, 0.1) is 32.6 Å². The number of pyridine rings is 1. The molecule has 6 heteroatoms. The molecule has 3 aliphatic rings. The molecule has 1 aromatic heterocycles. The fourth-order valence-electron chi connectivity index (χ4n) is 5.09. The number of carbonyl (C=O) groups excluding carboxylic acids is 1. The zero-order valence-corrected chi connectivity index (χ0v) is 17.0. The van der Waals surface area contributed by atoms with Crippen LogP contribution in [-0.2, 0) is 9.53 Å². The number of aromatic nitrogens is 1. The number of anilines is 1. The third kappa shape index (κ3) is 2.91. The standard InChI is InChI=1S/C20H29N3O2S/c1-12-7-18(22-14(3)13(12)2)23-9-16-15(8-21-19(24)10-26-4)17-5-6-20(16,11-23)25-17/h7,15-17H,5-6,8-11H2,1-4H3,(H,21,24)/t15-,16+,17+,20+/m0/s1. The number of ether oxygens (including phenoxy) is 1. The fraction of sp³-hybridized carbons (Fsp3) is 0.700. The van der Waals surface area contributed by atoms with Gasteiger partial charge in [0, 0.05) is 37.2 Å². The summed E-state index contributed by atoms with van der Waals surface area (Å²) >= 11 is 1.57. The van der Waals surface area contributed by atoms with Crippen molar-refractivity contribution in [2.75, 3.05) is 36.5 Å². The number of thioether (sulfide) groups is 1. The summed E-state index contributed by atoms with van der Waals surface area (Å²) in [6, 6.07) is 2.21. The van der Waals surface area contributed by atoms with Gasteiger partial charge in [0.05, 0.1) is 17.5 Å². The first-order valence-corrected chi connectivity index (χ1v) is 11.0. The summed E-state index contributed by atoms with van der Waals surface area (Å²) in [7, 11) is 0. The van der Waals surface area contributed by atoms with E-state index in [1.54, 1.807) is 11.8 Å². The van der Waals surface area contributed by atoms with Crippen LogP contribution in [0.15, 0.2) is 6.07 Å². The second kappa shape index (κ2) is 6.71. The molecule has 3 saturated heterocycles. The lowest BCUT2D eigenvalue weighted by atomic mass is 9.73. The van der Waals surface area contributed by atoms with Crippen molar-refractivity contribution in [1.82, 2.24) is 10.3 Å². The Balaban J connectivity index is 1.51. The van der Waals surface area contributed by atoms with E-state index < -0.39 is 0 Å². The number of nitrogens with one attached hydrogen (secondary N) is 1. The molecule has 5 nitrogen and oxygen atoms in total. The van der Waals surface area contributed by atoms with Crippen molar-refractivity contribution < 1.29 is 9.53 Å². The number of nitrogens with zero attached hydrogens (tertiary/aromatic N) is 2. The van der Waals surface area contributed by atoms with E-state index in [0.29, 0.717) is 23.7 Å². The predicted octanol–water partition coefficient (Wildman–Crippen LogP) is 2.47. The first-order chi connectivity index (χ1) is 12.4. The number of hydrogen-bond donors (Lipinski definition) is 1. The molecule has 0 saturated carbocycles. The maximum Gasteiger partial charge on any atom is 0.229 e. The van der Waals surface area contributed by atoms with Crippen LogP contribution in [0.1, 0.15) is 29.7 Å². The van der Waals surface area contributed by atoms with Gasteiger partial charge in [-0.2, -0.15) is 11.8 Å². The van der Waals surface area contributed by atoms with Gasteiger partial charge in [0.25, 0.3) is 0 Å². The van der Waals surface area contributed by atoms with Crippen molar-refractivity contribution in [3.05, 3.63) is 22.9 Å². The van der Waals surface area contributed by atoms with Gasteiger partial charge in [0.15, 0.2) is 0 Å². The van der Waals surface area contributed by atoms with E-state index in [1.165, 1.54) is 11.1 Å². The Kier molecular flexibility index (Phi) is 4.68. The van der Waals surface area contributed by atoms with E-state index in [0.717, 1.165) is 44.0 Å². The molecular formula is C20H29N3O2S. The SMILES string of the molecule is CSCC(=O)NC[C@H]1[C@H]2CN(c3cc(C)c(C)c(C)n3)C[C@]23CC[C@H]1O3. The summed E-state index contributed by atoms with van der Waals surface area (Å²) in [5.74, 6) is 2.65. The van der Waals surface area contributed by atoms with Gasteiger partial charge in [-0.15, -0.1) is 0 Å². The number of fused-ring (bicyclic) bond motifs is 1. The van der Waals surface area contributed by atoms with Crippen LogP contribution in [-0.4, -0.2) is 54.2 Å². The molecule has 4 atom stereocenters. The van der Waals surface area contributed by atoms with E-state index in [9.17, 15) is 4.79 Å². The Bertz CT molecular complexity index is 702. The van der Waals surface area contributed by atoms with Crippen LogP contribution >= 0.6 is 11.8 Å². The molecular weight excluding hydrogens is 346 g/mol. The molecule has 0 radical (unpaired) electrons. The smallest absolute Gasteiger partial charge is 0.229 e. The van der Waals surface area contributed by atoms with Gasteiger partial charge in [0.2, 0.25) is 5.91 Å². The average molecular weight is 376 g/mol. The van der Waals surface area contributed by atoms with Gasteiger partial charge in [0.1, 0.15) is 5.82 Å². The monoisotopic (exact) mass is 375 g/mol. The molecule has 0 aromatic carbocycles. The third-order valence-corrected chi connectivity index (χ3v) is 7.23. The van der Waals surface area contributed by atoms with Gasteiger partial charge in [-0.05, 0) is 57.1 Å². The minimum Gasteiger partial charge on any atom is -0.369 e. The van der Waals surface area contributed by atoms with E-state index >= 15 is 0 Å². The zero-order chi connectivity index (χ0) is 18.5. The Labute approximate surface area is 160 Å². The molecule has 1 amide bonds.